The van der Waals surface area contributed by atoms with E-state index in [1.54, 1.807) is 24.3 Å². The molecule has 31 heavy (non-hydrogen) atoms. The van der Waals surface area contributed by atoms with E-state index in [0.29, 0.717) is 15.6 Å². The van der Waals surface area contributed by atoms with E-state index in [-0.39, 0.29) is 22.5 Å². The largest absolute Gasteiger partial charge is 0.467 e. The van der Waals surface area contributed by atoms with Crippen molar-refractivity contribution in [3.8, 4) is 0 Å². The molecule has 0 aliphatic carbocycles. The molecule has 1 amide bonds. The number of carbonyl (C=O) groups is 1. The van der Waals surface area contributed by atoms with Crippen molar-refractivity contribution in [3.63, 3.8) is 0 Å². The van der Waals surface area contributed by atoms with Crippen LogP contribution in [0.25, 0.3) is 10.2 Å². The van der Waals surface area contributed by atoms with E-state index >= 15 is 0 Å². The second-order valence-corrected chi connectivity index (χ2v) is 10.0. The maximum atomic E-state index is 14.1. The van der Waals surface area contributed by atoms with Gasteiger partial charge in [0, 0.05) is 19.7 Å². The Hall–Kier alpha value is -3.08. The molecule has 7 nitrogen and oxygen atoms in total. The lowest BCUT2D eigenvalue weighted by Crippen LogP contribution is -2.30. The van der Waals surface area contributed by atoms with Crippen LogP contribution in [0.3, 0.4) is 0 Å². The van der Waals surface area contributed by atoms with Gasteiger partial charge in [0.2, 0.25) is 10.0 Å². The molecular weight excluding hydrogens is 441 g/mol. The summed E-state index contributed by atoms with van der Waals surface area (Å²) in [6.07, 6.45) is 1.50. The number of para-hydroxylation sites is 1. The fourth-order valence-corrected chi connectivity index (χ4v) is 4.82. The van der Waals surface area contributed by atoms with E-state index in [2.05, 4.69) is 4.98 Å². The summed E-state index contributed by atoms with van der Waals surface area (Å²) in [5, 5.41) is 0.312. The van der Waals surface area contributed by atoms with Gasteiger partial charge in [-0.05, 0) is 48.5 Å². The van der Waals surface area contributed by atoms with Crippen LogP contribution >= 0.6 is 11.3 Å². The molecule has 2 aromatic carbocycles. The quantitative estimate of drug-likeness (QED) is 0.433. The first-order valence-electron chi connectivity index (χ1n) is 9.19. The van der Waals surface area contributed by atoms with Crippen molar-refractivity contribution < 1.29 is 22.0 Å². The second kappa shape index (κ2) is 8.22. The molecule has 0 bridgehead atoms. The summed E-state index contributed by atoms with van der Waals surface area (Å²) < 4.78 is 45.8. The highest BCUT2D eigenvalue weighted by molar-refractivity contribution is 7.89. The summed E-state index contributed by atoms with van der Waals surface area (Å²) in [6.45, 7) is 0.0883. The summed E-state index contributed by atoms with van der Waals surface area (Å²) in [5.41, 5.74) is 0.455. The average Bonchev–Trinajstić information content (AvgIpc) is 3.42. The molecular formula is C21H18FN3O4S2. The number of carbonyl (C=O) groups excluding carboxylic acids is 1. The van der Waals surface area contributed by atoms with Gasteiger partial charge in [0.15, 0.2) is 5.13 Å². The molecule has 2 aromatic heterocycles. The van der Waals surface area contributed by atoms with E-state index in [0.717, 1.165) is 4.31 Å². The van der Waals surface area contributed by atoms with Crippen molar-refractivity contribution in [1.29, 1.82) is 0 Å². The highest BCUT2D eigenvalue weighted by Gasteiger charge is 2.24. The van der Waals surface area contributed by atoms with Gasteiger partial charge >= 0.3 is 0 Å². The zero-order chi connectivity index (χ0) is 22.2. The molecule has 0 unspecified atom stereocenters. The number of hydrogen-bond donors (Lipinski definition) is 0. The Morgan fingerprint density at radius 3 is 2.45 bits per heavy atom. The van der Waals surface area contributed by atoms with Crippen LogP contribution in [0.15, 0.2) is 70.2 Å². The number of hydrogen-bond acceptors (Lipinski definition) is 6. The second-order valence-electron chi connectivity index (χ2n) is 6.87. The van der Waals surface area contributed by atoms with Crippen LogP contribution in [-0.2, 0) is 16.6 Å². The molecule has 0 saturated carbocycles. The van der Waals surface area contributed by atoms with Gasteiger partial charge in [-0.3, -0.25) is 9.69 Å². The molecule has 0 radical (unpaired) electrons. The van der Waals surface area contributed by atoms with Crippen molar-refractivity contribution in [2.45, 2.75) is 11.4 Å². The number of amides is 1. The first-order chi connectivity index (χ1) is 14.8. The maximum absolute atomic E-state index is 14.1. The molecule has 0 aliphatic heterocycles. The van der Waals surface area contributed by atoms with Crippen LogP contribution in [0.5, 0.6) is 0 Å². The van der Waals surface area contributed by atoms with E-state index < -0.39 is 21.7 Å². The zero-order valence-corrected chi connectivity index (χ0v) is 18.3. The molecule has 0 aliphatic rings. The first-order valence-corrected chi connectivity index (χ1v) is 11.4. The predicted octanol–water partition coefficient (Wildman–Crippen LogP) is 4.13. The molecule has 4 aromatic rings. The van der Waals surface area contributed by atoms with Crippen LogP contribution < -0.4 is 4.90 Å². The average molecular weight is 460 g/mol. The Labute approximate surface area is 182 Å². The normalized spacial score (nSPS) is 11.9. The molecule has 10 heteroatoms. The fraction of sp³-hybridized carbons (Fsp3) is 0.143. The van der Waals surface area contributed by atoms with Crippen LogP contribution in [0, 0.1) is 5.82 Å². The van der Waals surface area contributed by atoms with Crippen molar-refractivity contribution in [2.24, 2.45) is 0 Å². The van der Waals surface area contributed by atoms with Crippen molar-refractivity contribution >= 4 is 42.6 Å². The Balaban J connectivity index is 1.73. The van der Waals surface area contributed by atoms with Gasteiger partial charge in [-0.1, -0.05) is 17.4 Å². The Morgan fingerprint density at radius 1 is 1.10 bits per heavy atom. The van der Waals surface area contributed by atoms with Gasteiger partial charge < -0.3 is 4.42 Å². The van der Waals surface area contributed by atoms with Gasteiger partial charge in [0.25, 0.3) is 5.91 Å². The predicted molar refractivity (Wildman–Crippen MR) is 116 cm³/mol. The lowest BCUT2D eigenvalue weighted by Gasteiger charge is -2.19. The van der Waals surface area contributed by atoms with Gasteiger partial charge in [-0.25, -0.2) is 22.1 Å². The number of aromatic nitrogens is 1. The third kappa shape index (κ3) is 4.09. The molecule has 0 N–H and O–H groups in total. The zero-order valence-electron chi connectivity index (χ0n) is 16.6. The van der Waals surface area contributed by atoms with Crippen LogP contribution in [0.1, 0.15) is 16.1 Å². The molecule has 0 spiro atoms. The SMILES string of the molecule is CN(C)S(=O)(=O)c1ccc(C(=O)N(Cc2ccco2)c2nc3c(F)cccc3s2)cc1. The van der Waals surface area contributed by atoms with Gasteiger partial charge in [-0.15, -0.1) is 0 Å². The van der Waals surface area contributed by atoms with Crippen LogP contribution in [0.2, 0.25) is 0 Å². The lowest BCUT2D eigenvalue weighted by molar-refractivity contribution is 0.0983. The number of rotatable bonds is 6. The summed E-state index contributed by atoms with van der Waals surface area (Å²) in [5.74, 6) is -0.354. The van der Waals surface area contributed by atoms with Crippen LogP contribution in [0.4, 0.5) is 9.52 Å². The lowest BCUT2D eigenvalue weighted by atomic mass is 10.2. The number of halogens is 1. The number of fused-ring (bicyclic) bond motifs is 1. The Bertz CT molecular complexity index is 1330. The minimum atomic E-state index is -3.61. The summed E-state index contributed by atoms with van der Waals surface area (Å²) in [7, 11) is -0.741. The highest BCUT2D eigenvalue weighted by Crippen LogP contribution is 2.32. The smallest absolute Gasteiger partial charge is 0.260 e. The Kier molecular flexibility index (Phi) is 5.61. The number of furan rings is 1. The molecule has 0 atom stereocenters. The number of thiazole rings is 1. The molecule has 160 valence electrons. The third-order valence-corrected chi connectivity index (χ3v) is 7.48. The molecule has 0 saturated heterocycles. The van der Waals surface area contributed by atoms with Crippen molar-refractivity contribution in [3.05, 3.63) is 78.0 Å². The third-order valence-electron chi connectivity index (χ3n) is 4.61. The summed E-state index contributed by atoms with van der Waals surface area (Å²) in [4.78, 5) is 19.1. The van der Waals surface area contributed by atoms with E-state index in [1.165, 1.54) is 66.9 Å². The summed E-state index contributed by atoms with van der Waals surface area (Å²) >= 11 is 1.19. The highest BCUT2D eigenvalue weighted by atomic mass is 32.2. The number of benzene rings is 2. The Morgan fingerprint density at radius 2 is 1.84 bits per heavy atom. The van der Waals surface area contributed by atoms with Crippen LogP contribution in [-0.4, -0.2) is 37.7 Å². The van der Waals surface area contributed by atoms with E-state index in [1.807, 2.05) is 0 Å². The van der Waals surface area contributed by atoms with Crippen molar-refractivity contribution in [2.75, 3.05) is 19.0 Å². The van der Waals surface area contributed by atoms with Gasteiger partial charge in [0.05, 0.1) is 22.4 Å². The van der Waals surface area contributed by atoms with Gasteiger partial charge in [0.1, 0.15) is 17.1 Å². The number of nitrogens with zero attached hydrogens (tertiary/aromatic N) is 3. The minimum absolute atomic E-state index is 0.0775. The van der Waals surface area contributed by atoms with Crippen molar-refractivity contribution in [1.82, 2.24) is 9.29 Å². The number of sulfonamides is 1. The first kappa shape index (κ1) is 21.2. The van der Waals surface area contributed by atoms with Gasteiger partial charge in [-0.2, -0.15) is 0 Å². The molecule has 2 heterocycles. The number of anilines is 1. The van der Waals surface area contributed by atoms with E-state index in [9.17, 15) is 17.6 Å². The monoisotopic (exact) mass is 459 g/mol. The van der Waals surface area contributed by atoms with E-state index in [4.69, 9.17) is 4.42 Å². The fourth-order valence-electron chi connectivity index (χ4n) is 2.94. The minimum Gasteiger partial charge on any atom is -0.467 e. The topological polar surface area (TPSA) is 83.7 Å². The summed E-state index contributed by atoms with van der Waals surface area (Å²) in [6, 6.07) is 13.7. The maximum Gasteiger partial charge on any atom is 0.260 e. The molecule has 4 rings (SSSR count). The molecule has 0 fully saturated rings. The standard InChI is InChI=1S/C21H18FN3O4S2/c1-24(2)31(27,28)16-10-8-14(9-11-16)20(26)25(13-15-5-4-12-29-15)21-23-19-17(22)6-3-7-18(19)30-21/h3-12H,13H2,1-2H3.